The molecule has 0 aliphatic heterocycles. The number of nitrogens with zero attached hydrogens (tertiary/aromatic N) is 1. The molecule has 246 valence electrons. The predicted molar refractivity (Wildman–Crippen MR) is 216 cm³/mol. The summed E-state index contributed by atoms with van der Waals surface area (Å²) in [5, 5.41) is 0. The van der Waals surface area contributed by atoms with Crippen LogP contribution in [0.1, 0.15) is 45.9 Å². The van der Waals surface area contributed by atoms with Gasteiger partial charge in [-0.3, -0.25) is 0 Å². The Morgan fingerprint density at radius 1 is 0.346 bits per heavy atom. The van der Waals surface area contributed by atoms with Crippen LogP contribution in [0.25, 0.3) is 22.3 Å². The number of para-hydroxylation sites is 1. The Hall–Kier alpha value is -6.44. The third-order valence-corrected chi connectivity index (χ3v) is 11.6. The first kappa shape index (κ1) is 30.4. The molecular weight excluding hydrogens is 627 g/mol. The lowest BCUT2D eigenvalue weighted by Gasteiger charge is -2.34. The summed E-state index contributed by atoms with van der Waals surface area (Å²) in [7, 11) is 0. The van der Waals surface area contributed by atoms with Gasteiger partial charge in [0, 0.05) is 22.4 Å². The lowest BCUT2D eigenvalue weighted by atomic mass is 9.68. The van der Waals surface area contributed by atoms with Crippen molar-refractivity contribution in [2.45, 2.75) is 17.8 Å². The van der Waals surface area contributed by atoms with Crippen LogP contribution in [0.3, 0.4) is 0 Å². The van der Waals surface area contributed by atoms with Gasteiger partial charge >= 0.3 is 0 Å². The molecule has 8 aromatic carbocycles. The van der Waals surface area contributed by atoms with E-state index in [0.717, 1.165) is 11.4 Å². The van der Waals surface area contributed by atoms with E-state index in [2.05, 4.69) is 218 Å². The molecule has 0 bridgehead atoms. The van der Waals surface area contributed by atoms with E-state index >= 15 is 0 Å². The molecule has 10 rings (SSSR count). The number of rotatable bonds is 6. The average molecular weight is 664 g/mol. The molecule has 0 N–H and O–H groups in total. The molecule has 0 saturated heterocycles. The van der Waals surface area contributed by atoms with Gasteiger partial charge in [-0.1, -0.05) is 176 Å². The zero-order valence-electron chi connectivity index (χ0n) is 29.1. The van der Waals surface area contributed by atoms with Gasteiger partial charge < -0.3 is 4.90 Å². The van der Waals surface area contributed by atoms with Crippen molar-refractivity contribution in [2.24, 2.45) is 0 Å². The first-order valence-electron chi connectivity index (χ1n) is 18.2. The second-order valence-corrected chi connectivity index (χ2v) is 14.2. The molecule has 1 atom stereocenters. The molecule has 2 aliphatic rings. The van der Waals surface area contributed by atoms with Gasteiger partial charge in [0.05, 0.1) is 11.1 Å². The normalized spacial score (nSPS) is 16.0. The summed E-state index contributed by atoms with van der Waals surface area (Å²) >= 11 is 0. The van der Waals surface area contributed by atoms with Crippen LogP contribution in [0.5, 0.6) is 0 Å². The van der Waals surface area contributed by atoms with E-state index < -0.39 is 5.41 Å². The van der Waals surface area contributed by atoms with E-state index in [0.29, 0.717) is 0 Å². The zero-order valence-corrected chi connectivity index (χ0v) is 29.1. The summed E-state index contributed by atoms with van der Waals surface area (Å²) in [6.45, 7) is 2.40. The van der Waals surface area contributed by atoms with E-state index in [1.807, 2.05) is 0 Å². The summed E-state index contributed by atoms with van der Waals surface area (Å²) in [5.74, 6) is 0. The molecule has 2 aliphatic carbocycles. The maximum atomic E-state index is 2.48. The van der Waals surface area contributed by atoms with Gasteiger partial charge in [-0.25, -0.2) is 0 Å². The third-order valence-electron chi connectivity index (χ3n) is 11.6. The highest BCUT2D eigenvalue weighted by atomic mass is 15.1. The van der Waals surface area contributed by atoms with E-state index in [9.17, 15) is 0 Å². The number of hydrogen-bond acceptors (Lipinski definition) is 1. The van der Waals surface area contributed by atoms with Crippen molar-refractivity contribution in [2.75, 3.05) is 4.90 Å². The lowest BCUT2D eigenvalue weighted by molar-refractivity contribution is 0.714. The van der Waals surface area contributed by atoms with Crippen LogP contribution >= 0.6 is 0 Å². The number of fused-ring (bicyclic) bond motifs is 6. The van der Waals surface area contributed by atoms with Gasteiger partial charge in [-0.15, -0.1) is 0 Å². The predicted octanol–water partition coefficient (Wildman–Crippen LogP) is 12.9. The van der Waals surface area contributed by atoms with Crippen LogP contribution in [0.4, 0.5) is 17.1 Å². The van der Waals surface area contributed by atoms with E-state index in [-0.39, 0.29) is 5.41 Å². The first-order chi connectivity index (χ1) is 25.7. The second-order valence-electron chi connectivity index (χ2n) is 14.2. The molecule has 0 amide bonds. The molecule has 52 heavy (non-hydrogen) atoms. The second kappa shape index (κ2) is 11.8. The lowest BCUT2D eigenvalue weighted by Crippen LogP contribution is -2.28. The van der Waals surface area contributed by atoms with Crippen LogP contribution < -0.4 is 4.90 Å². The molecule has 1 heteroatoms. The minimum Gasteiger partial charge on any atom is -0.310 e. The standard InChI is InChI=1S/C51H37N/c1-50(36-19-6-2-7-20-36)44-29-16-14-27-41(44)42-34-33-40(35-47(42)50)52(39-25-12-5-13-26-39)48-32-18-31-46-49(48)43-28-15-17-30-45(43)51(46,37-21-8-3-9-22-37)38-23-10-4-11-24-38/h2-35H,1H3. The summed E-state index contributed by atoms with van der Waals surface area (Å²) in [5.41, 5.74) is 16.9. The van der Waals surface area contributed by atoms with E-state index in [1.165, 1.54) is 66.9 Å². The average Bonchev–Trinajstić information content (AvgIpc) is 3.67. The Morgan fingerprint density at radius 3 is 1.50 bits per heavy atom. The molecule has 0 spiro atoms. The van der Waals surface area contributed by atoms with Gasteiger partial charge in [0.25, 0.3) is 0 Å². The minimum atomic E-state index is -0.474. The molecule has 0 aromatic heterocycles. The smallest absolute Gasteiger partial charge is 0.0714 e. The monoisotopic (exact) mass is 663 g/mol. The number of hydrogen-bond donors (Lipinski definition) is 0. The van der Waals surface area contributed by atoms with Crippen molar-refractivity contribution in [1.29, 1.82) is 0 Å². The van der Waals surface area contributed by atoms with Gasteiger partial charge in [-0.05, 0) is 92.9 Å². The topological polar surface area (TPSA) is 3.24 Å². The quantitative estimate of drug-likeness (QED) is 0.171. The zero-order chi connectivity index (χ0) is 34.7. The van der Waals surface area contributed by atoms with Gasteiger partial charge in [0.2, 0.25) is 0 Å². The third kappa shape index (κ3) is 4.23. The highest BCUT2D eigenvalue weighted by molar-refractivity contribution is 5.98. The van der Waals surface area contributed by atoms with Crippen LogP contribution in [0.15, 0.2) is 206 Å². The van der Waals surface area contributed by atoms with Gasteiger partial charge in [0.15, 0.2) is 0 Å². The molecule has 0 saturated carbocycles. The van der Waals surface area contributed by atoms with Crippen LogP contribution in [-0.2, 0) is 10.8 Å². The Balaban J connectivity index is 1.26. The fourth-order valence-corrected chi connectivity index (χ4v) is 9.37. The Morgan fingerprint density at radius 2 is 0.846 bits per heavy atom. The summed E-state index contributed by atoms with van der Waals surface area (Å²) in [4.78, 5) is 2.48. The van der Waals surface area contributed by atoms with E-state index in [4.69, 9.17) is 0 Å². The summed E-state index contributed by atoms with van der Waals surface area (Å²) in [6.07, 6.45) is 0. The Kier molecular flexibility index (Phi) is 6.91. The van der Waals surface area contributed by atoms with Crippen molar-refractivity contribution in [3.8, 4) is 22.3 Å². The van der Waals surface area contributed by atoms with Crippen LogP contribution in [-0.4, -0.2) is 0 Å². The van der Waals surface area contributed by atoms with Crippen molar-refractivity contribution in [3.63, 3.8) is 0 Å². The summed E-state index contributed by atoms with van der Waals surface area (Å²) < 4.78 is 0. The van der Waals surface area contributed by atoms with Crippen LogP contribution in [0.2, 0.25) is 0 Å². The highest BCUT2D eigenvalue weighted by Crippen LogP contribution is 2.60. The molecule has 0 fully saturated rings. The number of anilines is 3. The largest absolute Gasteiger partial charge is 0.310 e. The van der Waals surface area contributed by atoms with Crippen molar-refractivity contribution in [1.82, 2.24) is 0 Å². The molecule has 1 nitrogen and oxygen atoms in total. The fourth-order valence-electron chi connectivity index (χ4n) is 9.37. The molecule has 0 radical (unpaired) electrons. The maximum absolute atomic E-state index is 2.48. The molecular formula is C51H37N. The molecule has 1 unspecified atom stereocenters. The highest BCUT2D eigenvalue weighted by Gasteiger charge is 2.47. The van der Waals surface area contributed by atoms with Gasteiger partial charge in [-0.2, -0.15) is 0 Å². The summed E-state index contributed by atoms with van der Waals surface area (Å²) in [6, 6.07) is 76.0. The fraction of sp³-hybridized carbons (Fsp3) is 0.0588. The molecule has 8 aromatic rings. The Bertz CT molecular complexity index is 2530. The first-order valence-corrected chi connectivity index (χ1v) is 18.2. The minimum absolute atomic E-state index is 0.299. The van der Waals surface area contributed by atoms with Crippen molar-refractivity contribution >= 4 is 17.1 Å². The molecule has 0 heterocycles. The van der Waals surface area contributed by atoms with E-state index in [1.54, 1.807) is 0 Å². The van der Waals surface area contributed by atoms with Crippen molar-refractivity contribution < 1.29 is 0 Å². The SMILES string of the molecule is CC1(c2ccccc2)c2ccccc2-c2ccc(N(c3ccccc3)c3cccc4c3-c3ccccc3C4(c3ccccc3)c3ccccc3)cc21. The Labute approximate surface area is 306 Å². The van der Waals surface area contributed by atoms with Gasteiger partial charge in [0.1, 0.15) is 0 Å². The maximum Gasteiger partial charge on any atom is 0.0714 e. The number of benzene rings is 8. The van der Waals surface area contributed by atoms with Crippen LogP contribution in [0, 0.1) is 0 Å². The van der Waals surface area contributed by atoms with Crippen molar-refractivity contribution in [3.05, 3.63) is 245 Å².